The van der Waals surface area contributed by atoms with Gasteiger partial charge in [-0.2, -0.15) is 0 Å². The smallest absolute Gasteiger partial charge is 0.220 e. The number of carbonyl (C=O) groups is 1. The van der Waals surface area contributed by atoms with Crippen LogP contribution in [0.3, 0.4) is 0 Å². The Kier molecular flexibility index (Phi) is 2.01. The second-order valence-electron chi connectivity index (χ2n) is 4.58. The van der Waals surface area contributed by atoms with Gasteiger partial charge in [0.25, 0.3) is 0 Å². The highest BCUT2D eigenvalue weighted by Gasteiger charge is 2.33. The number of amides is 1. The lowest BCUT2D eigenvalue weighted by molar-refractivity contribution is -0.124. The molecule has 1 aromatic carbocycles. The summed E-state index contributed by atoms with van der Waals surface area (Å²) in [6.45, 7) is 0. The van der Waals surface area contributed by atoms with E-state index in [2.05, 4.69) is 29.6 Å². The molecule has 0 saturated carbocycles. The van der Waals surface area contributed by atoms with Gasteiger partial charge in [0.1, 0.15) is 0 Å². The maximum absolute atomic E-state index is 11.4. The fraction of sp³-hybridized carbons (Fsp3) is 0.462. The van der Waals surface area contributed by atoms with Crippen molar-refractivity contribution in [3.63, 3.8) is 0 Å². The number of piperidine rings is 1. The molecule has 0 aromatic heterocycles. The predicted molar refractivity (Wildman–Crippen MR) is 58.4 cm³/mol. The number of aryl methyl sites for hydroxylation is 1. The van der Waals surface area contributed by atoms with Gasteiger partial charge in [-0.25, -0.2) is 0 Å². The molecule has 1 N–H and O–H groups in total. The van der Waals surface area contributed by atoms with Gasteiger partial charge in [0.15, 0.2) is 0 Å². The number of nitrogens with one attached hydrogen (secondary N) is 1. The van der Waals surface area contributed by atoms with Crippen LogP contribution in [0.25, 0.3) is 0 Å². The number of hydrogen-bond donors (Lipinski definition) is 1. The number of fused-ring (bicyclic) bond motifs is 3. The lowest BCUT2D eigenvalue weighted by atomic mass is 9.76. The lowest BCUT2D eigenvalue weighted by Crippen LogP contribution is -2.40. The quantitative estimate of drug-likeness (QED) is 0.685. The highest BCUT2D eigenvalue weighted by Crippen LogP contribution is 2.38. The molecule has 1 heterocycles. The average molecular weight is 201 g/mol. The van der Waals surface area contributed by atoms with Gasteiger partial charge in [-0.3, -0.25) is 4.79 Å². The van der Waals surface area contributed by atoms with Gasteiger partial charge in [0.05, 0.1) is 6.04 Å². The van der Waals surface area contributed by atoms with Crippen LogP contribution < -0.4 is 5.32 Å². The molecule has 1 saturated heterocycles. The zero-order valence-corrected chi connectivity index (χ0v) is 8.70. The minimum atomic E-state index is 0.216. The number of carbonyl (C=O) groups excluding carboxylic acids is 1. The monoisotopic (exact) mass is 201 g/mol. The van der Waals surface area contributed by atoms with Gasteiger partial charge in [-0.05, 0) is 36.3 Å². The maximum Gasteiger partial charge on any atom is 0.220 e. The lowest BCUT2D eigenvalue weighted by Gasteiger charge is -2.37. The Morgan fingerprint density at radius 3 is 2.87 bits per heavy atom. The van der Waals surface area contributed by atoms with E-state index in [9.17, 15) is 4.79 Å². The molecular formula is C13H15NO. The van der Waals surface area contributed by atoms with E-state index in [4.69, 9.17) is 0 Å². The van der Waals surface area contributed by atoms with E-state index in [0.717, 1.165) is 6.42 Å². The first-order chi connectivity index (χ1) is 7.34. The van der Waals surface area contributed by atoms with E-state index < -0.39 is 0 Å². The van der Waals surface area contributed by atoms with Crippen molar-refractivity contribution in [2.24, 2.45) is 5.92 Å². The standard InChI is InChI=1S/C13H15NO/c15-12-8-7-10-6-5-9-3-1-2-4-11(9)13(10)14-12/h1-4,10,13H,5-8H2,(H,14,15)/t10-,13+/m1/s1. The van der Waals surface area contributed by atoms with Crippen molar-refractivity contribution in [2.75, 3.05) is 0 Å². The van der Waals surface area contributed by atoms with Crippen molar-refractivity contribution in [1.82, 2.24) is 5.32 Å². The highest BCUT2D eigenvalue weighted by molar-refractivity contribution is 5.77. The van der Waals surface area contributed by atoms with Crippen molar-refractivity contribution in [3.05, 3.63) is 35.4 Å². The van der Waals surface area contributed by atoms with Gasteiger partial charge in [-0.15, -0.1) is 0 Å². The maximum atomic E-state index is 11.4. The van der Waals surface area contributed by atoms with E-state index in [1.807, 2.05) is 0 Å². The molecule has 1 amide bonds. The summed E-state index contributed by atoms with van der Waals surface area (Å²) < 4.78 is 0. The molecule has 0 spiro atoms. The van der Waals surface area contributed by atoms with Crippen LogP contribution in [0.1, 0.15) is 36.4 Å². The summed E-state index contributed by atoms with van der Waals surface area (Å²) in [6.07, 6.45) is 4.17. The van der Waals surface area contributed by atoms with E-state index in [1.54, 1.807) is 0 Å². The molecule has 0 unspecified atom stereocenters. The van der Waals surface area contributed by atoms with Crippen molar-refractivity contribution >= 4 is 5.91 Å². The molecule has 1 aliphatic carbocycles. The molecule has 2 heteroatoms. The molecule has 1 fully saturated rings. The van der Waals surface area contributed by atoms with Gasteiger partial charge in [0.2, 0.25) is 5.91 Å². The second kappa shape index (κ2) is 3.37. The molecule has 0 radical (unpaired) electrons. The van der Waals surface area contributed by atoms with Crippen LogP contribution in [0.2, 0.25) is 0 Å². The minimum Gasteiger partial charge on any atom is -0.349 e. The predicted octanol–water partition coefficient (Wildman–Crippen LogP) is 2.20. The summed E-state index contributed by atoms with van der Waals surface area (Å²) in [7, 11) is 0. The number of rotatable bonds is 0. The van der Waals surface area contributed by atoms with Crippen molar-refractivity contribution in [3.8, 4) is 0 Å². The van der Waals surface area contributed by atoms with Gasteiger partial charge in [-0.1, -0.05) is 24.3 Å². The largest absolute Gasteiger partial charge is 0.349 e. The Morgan fingerprint density at radius 2 is 1.93 bits per heavy atom. The Hall–Kier alpha value is -1.31. The van der Waals surface area contributed by atoms with Crippen LogP contribution in [0.4, 0.5) is 0 Å². The SMILES string of the molecule is O=C1CC[C@H]2CCc3ccccc3[C@H]2N1. The second-order valence-corrected chi connectivity index (χ2v) is 4.58. The minimum absolute atomic E-state index is 0.216. The molecular weight excluding hydrogens is 186 g/mol. The van der Waals surface area contributed by atoms with E-state index in [-0.39, 0.29) is 11.9 Å². The third kappa shape index (κ3) is 1.44. The van der Waals surface area contributed by atoms with Gasteiger partial charge in [0, 0.05) is 6.42 Å². The van der Waals surface area contributed by atoms with E-state index in [1.165, 1.54) is 24.0 Å². The van der Waals surface area contributed by atoms with Crippen LogP contribution in [0.5, 0.6) is 0 Å². The van der Waals surface area contributed by atoms with Crippen LogP contribution >= 0.6 is 0 Å². The Bertz CT molecular complexity index is 399. The highest BCUT2D eigenvalue weighted by atomic mass is 16.1. The van der Waals surface area contributed by atoms with Crippen LogP contribution in [0, 0.1) is 5.92 Å². The number of hydrogen-bond acceptors (Lipinski definition) is 1. The third-order valence-electron chi connectivity index (χ3n) is 3.70. The summed E-state index contributed by atoms with van der Waals surface area (Å²) in [5.74, 6) is 0.880. The zero-order valence-electron chi connectivity index (χ0n) is 8.70. The Labute approximate surface area is 89.7 Å². The van der Waals surface area contributed by atoms with Crippen LogP contribution in [0.15, 0.2) is 24.3 Å². The first kappa shape index (κ1) is 8.96. The summed E-state index contributed by atoms with van der Waals surface area (Å²) >= 11 is 0. The number of benzene rings is 1. The fourth-order valence-electron chi connectivity index (χ4n) is 2.90. The first-order valence-electron chi connectivity index (χ1n) is 5.72. The molecule has 15 heavy (non-hydrogen) atoms. The van der Waals surface area contributed by atoms with E-state index >= 15 is 0 Å². The molecule has 2 nitrogen and oxygen atoms in total. The van der Waals surface area contributed by atoms with E-state index in [0.29, 0.717) is 12.3 Å². The molecule has 2 atom stereocenters. The summed E-state index contributed by atoms with van der Waals surface area (Å²) in [4.78, 5) is 11.4. The Morgan fingerprint density at radius 1 is 1.13 bits per heavy atom. The van der Waals surface area contributed by atoms with Crippen molar-refractivity contribution in [1.29, 1.82) is 0 Å². The van der Waals surface area contributed by atoms with Gasteiger partial charge >= 0.3 is 0 Å². The van der Waals surface area contributed by atoms with Gasteiger partial charge < -0.3 is 5.32 Å². The summed E-state index contributed by atoms with van der Waals surface area (Å²) in [5, 5.41) is 3.14. The third-order valence-corrected chi connectivity index (χ3v) is 3.70. The van der Waals surface area contributed by atoms with Crippen LogP contribution in [-0.4, -0.2) is 5.91 Å². The molecule has 0 bridgehead atoms. The molecule has 3 rings (SSSR count). The fourth-order valence-corrected chi connectivity index (χ4v) is 2.90. The molecule has 1 aliphatic heterocycles. The van der Waals surface area contributed by atoms with Crippen molar-refractivity contribution < 1.29 is 4.79 Å². The van der Waals surface area contributed by atoms with Crippen molar-refractivity contribution in [2.45, 2.75) is 31.7 Å². The average Bonchev–Trinajstić information content (AvgIpc) is 2.29. The topological polar surface area (TPSA) is 29.1 Å². The Balaban J connectivity index is 2.00. The van der Waals surface area contributed by atoms with Crippen LogP contribution in [-0.2, 0) is 11.2 Å². The molecule has 2 aliphatic rings. The zero-order chi connectivity index (χ0) is 10.3. The summed E-state index contributed by atoms with van der Waals surface area (Å²) in [6, 6.07) is 8.80. The summed E-state index contributed by atoms with van der Waals surface area (Å²) in [5.41, 5.74) is 2.77. The first-order valence-corrected chi connectivity index (χ1v) is 5.72. The molecule has 78 valence electrons. The molecule has 1 aromatic rings. The normalized spacial score (nSPS) is 28.9.